The number of piperazine rings is 1. The normalized spacial score (nSPS) is 17.9. The Hall–Kier alpha value is -2.61. The highest BCUT2D eigenvalue weighted by Gasteiger charge is 2.29. The van der Waals surface area contributed by atoms with Gasteiger partial charge in [-0.05, 0) is 18.6 Å². The number of hydrogen-bond acceptors (Lipinski definition) is 8. The summed E-state index contributed by atoms with van der Waals surface area (Å²) in [7, 11) is -3.53. The Morgan fingerprint density at radius 3 is 2.36 bits per heavy atom. The quantitative estimate of drug-likeness (QED) is 0.439. The van der Waals surface area contributed by atoms with Crippen molar-refractivity contribution in [3.63, 3.8) is 0 Å². The van der Waals surface area contributed by atoms with Gasteiger partial charge < -0.3 is 14.5 Å². The number of alkyl halides is 3. The van der Waals surface area contributed by atoms with Gasteiger partial charge in [0.05, 0.1) is 24.2 Å². The topological polar surface area (TPSA) is 96.7 Å². The van der Waals surface area contributed by atoms with Gasteiger partial charge in [-0.15, -0.1) is 11.6 Å². The van der Waals surface area contributed by atoms with E-state index in [1.807, 2.05) is 22.8 Å². The fourth-order valence-electron chi connectivity index (χ4n) is 4.50. The van der Waals surface area contributed by atoms with Crippen LogP contribution in [0.2, 0.25) is 0 Å². The molecule has 2 fully saturated rings. The fraction of sp³-hybridized carbons (Fsp3) is 0.500. The number of halogens is 3. The molecule has 0 aliphatic carbocycles. The van der Waals surface area contributed by atoms with E-state index in [1.54, 1.807) is 18.2 Å². The largest absolute Gasteiger partial charge is 0.378 e. The molecule has 10 nitrogen and oxygen atoms in total. The molecule has 2 aliphatic heterocycles. The van der Waals surface area contributed by atoms with Crippen molar-refractivity contribution in [1.82, 2.24) is 23.8 Å². The molecule has 2 saturated heterocycles. The van der Waals surface area contributed by atoms with Crippen LogP contribution >= 0.6 is 11.6 Å². The predicted octanol–water partition coefficient (Wildman–Crippen LogP) is 2.55. The van der Waals surface area contributed by atoms with Crippen molar-refractivity contribution in [2.75, 3.05) is 67.5 Å². The number of ether oxygens (including phenoxy) is 1. The van der Waals surface area contributed by atoms with E-state index in [1.165, 1.54) is 8.87 Å². The monoisotopic (exact) mass is 541 g/mol. The van der Waals surface area contributed by atoms with Gasteiger partial charge in [0.15, 0.2) is 5.82 Å². The highest BCUT2D eigenvalue weighted by molar-refractivity contribution is 7.90. The number of aryl methyl sites for hydroxylation is 1. The van der Waals surface area contributed by atoms with E-state index in [4.69, 9.17) is 21.3 Å². The second kappa shape index (κ2) is 10.0. The molecule has 194 valence electrons. The van der Waals surface area contributed by atoms with E-state index in [9.17, 15) is 17.2 Å². The summed E-state index contributed by atoms with van der Waals surface area (Å²) >= 11 is 5.61. The molecule has 0 atom stereocenters. The summed E-state index contributed by atoms with van der Waals surface area (Å²) < 4.78 is 60.8. The maximum absolute atomic E-state index is 14.1. The zero-order valence-corrected chi connectivity index (χ0v) is 21.2. The van der Waals surface area contributed by atoms with E-state index < -0.39 is 27.5 Å². The average molecular weight is 542 g/mol. The standard InChI is InChI=1S/C22H26ClF2N7O3S/c1-15-3-2-4-16-19(15)28-21(20(24)25)32(16)18-13-17(29-9-11-35-12-10-29)26-22(27-18)30-5-7-31(8-6-30)36(33,34)14-23/h2-4,13,20H,5-12,14H2,1H3. The number of rotatable bonds is 6. The van der Waals surface area contributed by atoms with Crippen LogP contribution in [-0.2, 0) is 14.8 Å². The van der Waals surface area contributed by atoms with Crippen LogP contribution in [0, 0.1) is 6.92 Å². The molecule has 3 aromatic rings. The second-order valence-corrected chi connectivity index (χ2v) is 11.2. The first-order valence-electron chi connectivity index (χ1n) is 11.6. The maximum atomic E-state index is 14.1. The van der Waals surface area contributed by atoms with Crippen molar-refractivity contribution in [1.29, 1.82) is 0 Å². The Morgan fingerprint density at radius 2 is 1.69 bits per heavy atom. The molecular formula is C22H26ClF2N7O3S. The van der Waals surface area contributed by atoms with Gasteiger partial charge in [-0.2, -0.15) is 14.3 Å². The first-order chi connectivity index (χ1) is 17.3. The number of para-hydroxylation sites is 1. The third-order valence-corrected chi connectivity index (χ3v) is 8.67. The minimum absolute atomic E-state index is 0.227. The first-order valence-corrected chi connectivity index (χ1v) is 13.7. The predicted molar refractivity (Wildman–Crippen MR) is 133 cm³/mol. The average Bonchev–Trinajstić information content (AvgIpc) is 3.30. The molecular weight excluding hydrogens is 516 g/mol. The lowest BCUT2D eigenvalue weighted by atomic mass is 10.2. The number of fused-ring (bicyclic) bond motifs is 1. The highest BCUT2D eigenvalue weighted by Crippen LogP contribution is 2.31. The lowest BCUT2D eigenvalue weighted by Crippen LogP contribution is -2.49. The SMILES string of the molecule is Cc1cccc2c1nc(C(F)F)n2-c1cc(N2CCOCC2)nc(N2CCN(S(=O)(=O)CCl)CC2)n1. The van der Waals surface area contributed by atoms with Crippen LogP contribution in [0.3, 0.4) is 0 Å². The van der Waals surface area contributed by atoms with Crippen LogP contribution in [0.5, 0.6) is 0 Å². The minimum atomic E-state index is -3.53. The number of aromatic nitrogens is 4. The highest BCUT2D eigenvalue weighted by atomic mass is 35.5. The van der Waals surface area contributed by atoms with E-state index >= 15 is 0 Å². The van der Waals surface area contributed by atoms with Gasteiger partial charge in [-0.25, -0.2) is 22.2 Å². The van der Waals surface area contributed by atoms with Crippen molar-refractivity contribution in [3.05, 3.63) is 35.7 Å². The van der Waals surface area contributed by atoms with Crippen molar-refractivity contribution < 1.29 is 21.9 Å². The van der Waals surface area contributed by atoms with E-state index in [2.05, 4.69) is 9.97 Å². The van der Waals surface area contributed by atoms with Gasteiger partial charge in [0.25, 0.3) is 6.43 Å². The molecule has 1 aromatic carbocycles. The Kier molecular flexibility index (Phi) is 6.99. The van der Waals surface area contributed by atoms with Gasteiger partial charge in [-0.1, -0.05) is 12.1 Å². The Labute approximate surface area is 212 Å². The van der Waals surface area contributed by atoms with Gasteiger partial charge in [0, 0.05) is 45.3 Å². The molecule has 4 heterocycles. The summed E-state index contributed by atoms with van der Waals surface area (Å²) in [6, 6.07) is 7.06. The summed E-state index contributed by atoms with van der Waals surface area (Å²) in [6.07, 6.45) is -2.81. The molecule has 0 radical (unpaired) electrons. The van der Waals surface area contributed by atoms with Gasteiger partial charge in [-0.3, -0.25) is 4.57 Å². The minimum Gasteiger partial charge on any atom is -0.378 e. The molecule has 2 aromatic heterocycles. The molecule has 0 amide bonds. The third kappa shape index (κ3) is 4.72. The third-order valence-electron chi connectivity index (χ3n) is 6.41. The van der Waals surface area contributed by atoms with Crippen LogP contribution < -0.4 is 9.80 Å². The lowest BCUT2D eigenvalue weighted by molar-refractivity contribution is 0.122. The Balaban J connectivity index is 1.60. The van der Waals surface area contributed by atoms with Gasteiger partial charge >= 0.3 is 0 Å². The summed E-state index contributed by atoms with van der Waals surface area (Å²) in [5, 5.41) is -0.482. The summed E-state index contributed by atoms with van der Waals surface area (Å²) in [6.45, 7) is 5.22. The lowest BCUT2D eigenvalue weighted by Gasteiger charge is -2.34. The second-order valence-electron chi connectivity index (χ2n) is 8.64. The molecule has 2 aliphatic rings. The fourth-order valence-corrected chi connectivity index (χ4v) is 5.77. The number of sulfonamides is 1. The Morgan fingerprint density at radius 1 is 1.00 bits per heavy atom. The van der Waals surface area contributed by atoms with Gasteiger partial charge in [0.1, 0.15) is 16.8 Å². The number of nitrogens with zero attached hydrogens (tertiary/aromatic N) is 7. The van der Waals surface area contributed by atoms with Crippen LogP contribution in [0.25, 0.3) is 16.9 Å². The Bertz CT molecular complexity index is 1360. The molecule has 0 N–H and O–H groups in total. The maximum Gasteiger partial charge on any atom is 0.296 e. The van der Waals surface area contributed by atoms with E-state index in [0.717, 1.165) is 5.56 Å². The van der Waals surface area contributed by atoms with Crippen LogP contribution in [0.15, 0.2) is 24.3 Å². The van der Waals surface area contributed by atoms with E-state index in [0.29, 0.717) is 62.2 Å². The van der Waals surface area contributed by atoms with E-state index in [-0.39, 0.29) is 18.9 Å². The smallest absolute Gasteiger partial charge is 0.296 e. The summed E-state index contributed by atoms with van der Waals surface area (Å²) in [4.78, 5) is 17.5. The van der Waals surface area contributed by atoms with Gasteiger partial charge in [0.2, 0.25) is 16.0 Å². The molecule has 14 heteroatoms. The molecule has 0 unspecified atom stereocenters. The van der Waals surface area contributed by atoms with Crippen molar-refractivity contribution in [3.8, 4) is 5.82 Å². The number of hydrogen-bond donors (Lipinski definition) is 0. The molecule has 0 saturated carbocycles. The van der Waals surface area contributed by atoms with Crippen LogP contribution in [0.1, 0.15) is 17.8 Å². The van der Waals surface area contributed by atoms with Crippen LogP contribution in [-0.4, -0.2) is 89.9 Å². The molecule has 0 spiro atoms. The van der Waals surface area contributed by atoms with Crippen LogP contribution in [0.4, 0.5) is 20.5 Å². The number of anilines is 2. The number of imidazole rings is 1. The number of morpholine rings is 1. The zero-order chi connectivity index (χ0) is 25.4. The van der Waals surface area contributed by atoms with Crippen molar-refractivity contribution >= 4 is 44.4 Å². The molecule has 5 rings (SSSR count). The first kappa shape index (κ1) is 25.1. The van der Waals surface area contributed by atoms with Crippen molar-refractivity contribution in [2.45, 2.75) is 13.3 Å². The molecule has 0 bridgehead atoms. The summed E-state index contributed by atoms with van der Waals surface area (Å²) in [5.74, 6) is 0.811. The summed E-state index contributed by atoms with van der Waals surface area (Å²) in [5.41, 5.74) is 1.80. The zero-order valence-electron chi connectivity index (χ0n) is 19.6. The number of benzene rings is 1. The van der Waals surface area contributed by atoms with Crippen molar-refractivity contribution in [2.24, 2.45) is 0 Å². The molecule has 36 heavy (non-hydrogen) atoms.